The summed E-state index contributed by atoms with van der Waals surface area (Å²) in [4.78, 5) is 22.0. The lowest BCUT2D eigenvalue weighted by Crippen LogP contribution is -2.47. The first-order valence-electron chi connectivity index (χ1n) is 4.81. The van der Waals surface area contributed by atoms with Gasteiger partial charge in [-0.1, -0.05) is 6.08 Å². The number of thioether (sulfide) groups is 1. The molecular formula is C10H18N2O3S. The Morgan fingerprint density at radius 2 is 2.19 bits per heavy atom. The van der Waals surface area contributed by atoms with Crippen LogP contribution in [0.25, 0.3) is 0 Å². The Bertz CT molecular complexity index is 279. The fourth-order valence-electron chi connectivity index (χ4n) is 0.876. The highest BCUT2D eigenvalue weighted by Gasteiger charge is 2.32. The largest absolute Gasteiger partial charge is 0.480 e. The van der Waals surface area contributed by atoms with Crippen LogP contribution < -0.4 is 11.1 Å². The number of rotatable bonds is 7. The Morgan fingerprint density at radius 1 is 1.62 bits per heavy atom. The molecule has 92 valence electrons. The van der Waals surface area contributed by atoms with Gasteiger partial charge < -0.3 is 16.2 Å². The second kappa shape index (κ2) is 6.55. The van der Waals surface area contributed by atoms with Gasteiger partial charge in [0.1, 0.15) is 6.04 Å². The molecule has 0 rings (SSSR count). The molecule has 1 amide bonds. The molecule has 0 aliphatic rings. The van der Waals surface area contributed by atoms with Gasteiger partial charge in [-0.05, 0) is 13.8 Å². The average molecular weight is 246 g/mol. The number of carbonyl (C=O) groups excluding carboxylic acids is 1. The molecule has 5 nitrogen and oxygen atoms in total. The molecule has 0 unspecified atom stereocenters. The maximum atomic E-state index is 11.3. The quantitative estimate of drug-likeness (QED) is 0.559. The molecule has 0 heterocycles. The first-order chi connectivity index (χ1) is 7.31. The molecule has 0 aliphatic heterocycles. The van der Waals surface area contributed by atoms with Gasteiger partial charge in [-0.15, -0.1) is 18.3 Å². The van der Waals surface area contributed by atoms with E-state index < -0.39 is 16.8 Å². The average Bonchev–Trinajstić information content (AvgIpc) is 2.22. The van der Waals surface area contributed by atoms with Gasteiger partial charge in [-0.2, -0.15) is 0 Å². The third-order valence-corrected chi connectivity index (χ3v) is 3.44. The summed E-state index contributed by atoms with van der Waals surface area (Å²) in [5.41, 5.74) is 5.51. The fraction of sp³-hybridized carbons (Fsp3) is 0.600. The van der Waals surface area contributed by atoms with Crippen molar-refractivity contribution < 1.29 is 14.7 Å². The van der Waals surface area contributed by atoms with Crippen molar-refractivity contribution in [3.05, 3.63) is 12.7 Å². The maximum absolute atomic E-state index is 11.3. The van der Waals surface area contributed by atoms with Gasteiger partial charge in [0.15, 0.2) is 0 Å². The molecule has 0 aromatic heterocycles. The fourth-order valence-corrected chi connectivity index (χ4v) is 1.76. The first kappa shape index (κ1) is 15.0. The number of hydrogen-bond acceptors (Lipinski definition) is 4. The van der Waals surface area contributed by atoms with Crippen LogP contribution in [-0.4, -0.2) is 40.1 Å². The summed E-state index contributed by atoms with van der Waals surface area (Å²) in [7, 11) is 0. The lowest BCUT2D eigenvalue weighted by atomic mass is 10.1. The van der Waals surface area contributed by atoms with E-state index in [0.29, 0.717) is 6.54 Å². The third kappa shape index (κ3) is 5.18. The normalized spacial score (nSPS) is 12.9. The van der Waals surface area contributed by atoms with E-state index in [1.165, 1.54) is 11.8 Å². The summed E-state index contributed by atoms with van der Waals surface area (Å²) in [6.45, 7) is 7.29. The smallest absolute Gasteiger partial charge is 0.321 e. The summed E-state index contributed by atoms with van der Waals surface area (Å²) in [6.07, 6.45) is 1.58. The van der Waals surface area contributed by atoms with Crippen molar-refractivity contribution in [1.29, 1.82) is 0 Å². The van der Waals surface area contributed by atoms with E-state index in [1.54, 1.807) is 19.9 Å². The van der Waals surface area contributed by atoms with Crippen LogP contribution in [0.15, 0.2) is 12.7 Å². The molecule has 16 heavy (non-hydrogen) atoms. The molecule has 0 radical (unpaired) electrons. The highest BCUT2D eigenvalue weighted by Crippen LogP contribution is 2.27. The van der Waals surface area contributed by atoms with E-state index in [4.69, 9.17) is 10.8 Å². The van der Waals surface area contributed by atoms with Crippen LogP contribution in [0.2, 0.25) is 0 Å². The second-order valence-electron chi connectivity index (χ2n) is 3.80. The molecule has 0 aromatic rings. The van der Waals surface area contributed by atoms with E-state index in [0.717, 1.165) is 0 Å². The molecule has 4 N–H and O–H groups in total. The molecule has 1 atom stereocenters. The zero-order valence-electron chi connectivity index (χ0n) is 9.53. The van der Waals surface area contributed by atoms with Crippen LogP contribution in [0.1, 0.15) is 13.8 Å². The summed E-state index contributed by atoms with van der Waals surface area (Å²) < 4.78 is -0.683. The summed E-state index contributed by atoms with van der Waals surface area (Å²) in [5, 5.41) is 11.4. The molecule has 0 bridgehead atoms. The zero-order chi connectivity index (χ0) is 12.8. The van der Waals surface area contributed by atoms with Gasteiger partial charge in [0.25, 0.3) is 0 Å². The number of nitrogens with one attached hydrogen (secondary N) is 1. The number of aliphatic carboxylic acids is 1. The minimum atomic E-state index is -1.07. The number of nitrogens with two attached hydrogens (primary N) is 1. The van der Waals surface area contributed by atoms with Crippen molar-refractivity contribution in [3.8, 4) is 0 Å². The number of carboxylic acid groups (broad SMARTS) is 1. The van der Waals surface area contributed by atoms with Crippen molar-refractivity contribution in [2.75, 3.05) is 12.3 Å². The van der Waals surface area contributed by atoms with Crippen molar-refractivity contribution >= 4 is 23.6 Å². The van der Waals surface area contributed by atoms with Crippen molar-refractivity contribution in [2.45, 2.75) is 24.6 Å². The van der Waals surface area contributed by atoms with Gasteiger partial charge in [-0.25, -0.2) is 0 Å². The highest BCUT2D eigenvalue weighted by atomic mass is 32.2. The van der Waals surface area contributed by atoms with Crippen LogP contribution in [0.3, 0.4) is 0 Å². The van der Waals surface area contributed by atoms with E-state index >= 15 is 0 Å². The van der Waals surface area contributed by atoms with E-state index in [9.17, 15) is 9.59 Å². The minimum absolute atomic E-state index is 0.157. The molecular weight excluding hydrogens is 228 g/mol. The molecule has 0 saturated heterocycles. The number of amides is 1. The summed E-state index contributed by atoms with van der Waals surface area (Å²) in [5.74, 6) is -1.04. The molecule has 0 fully saturated rings. The number of carboxylic acids is 1. The minimum Gasteiger partial charge on any atom is -0.480 e. The first-order valence-corrected chi connectivity index (χ1v) is 5.79. The standard InChI is InChI=1S/C10H18N2O3S/c1-4-5-12-7(13)6-16-10(2,3)8(11)9(14)15/h4,8H,1,5-6,11H2,2-3H3,(H,12,13)(H,14,15)/t8-/m0/s1. The summed E-state index contributed by atoms with van der Waals surface area (Å²) >= 11 is 1.22. The van der Waals surface area contributed by atoms with E-state index in [2.05, 4.69) is 11.9 Å². The van der Waals surface area contributed by atoms with Crippen LogP contribution in [0, 0.1) is 0 Å². The van der Waals surface area contributed by atoms with E-state index in [-0.39, 0.29) is 11.7 Å². The summed E-state index contributed by atoms with van der Waals surface area (Å²) in [6, 6.07) is -0.996. The lowest BCUT2D eigenvalue weighted by molar-refractivity contribution is -0.139. The Hall–Kier alpha value is -1.01. The molecule has 0 aromatic carbocycles. The van der Waals surface area contributed by atoms with Crippen molar-refractivity contribution in [3.63, 3.8) is 0 Å². The zero-order valence-corrected chi connectivity index (χ0v) is 10.3. The van der Waals surface area contributed by atoms with Gasteiger partial charge >= 0.3 is 5.97 Å². The van der Waals surface area contributed by atoms with Crippen molar-refractivity contribution in [1.82, 2.24) is 5.32 Å². The Labute approximate surface area is 99.5 Å². The maximum Gasteiger partial charge on any atom is 0.321 e. The number of hydrogen-bond donors (Lipinski definition) is 3. The topological polar surface area (TPSA) is 92.4 Å². The lowest BCUT2D eigenvalue weighted by Gasteiger charge is -2.27. The van der Waals surface area contributed by atoms with Gasteiger partial charge in [0.2, 0.25) is 5.91 Å². The second-order valence-corrected chi connectivity index (χ2v) is 5.43. The third-order valence-electron chi connectivity index (χ3n) is 2.03. The molecule has 0 saturated carbocycles. The molecule has 6 heteroatoms. The Morgan fingerprint density at radius 3 is 2.62 bits per heavy atom. The number of carbonyl (C=O) groups is 2. The predicted octanol–water partition coefficient (Wildman–Crippen LogP) is 0.212. The Kier molecular flexibility index (Phi) is 6.13. The van der Waals surface area contributed by atoms with Gasteiger partial charge in [0.05, 0.1) is 5.75 Å². The monoisotopic (exact) mass is 246 g/mol. The van der Waals surface area contributed by atoms with Gasteiger partial charge in [0, 0.05) is 11.3 Å². The van der Waals surface area contributed by atoms with Crippen molar-refractivity contribution in [2.24, 2.45) is 5.73 Å². The van der Waals surface area contributed by atoms with Crippen LogP contribution >= 0.6 is 11.8 Å². The Balaban J connectivity index is 4.12. The van der Waals surface area contributed by atoms with Crippen LogP contribution in [0.4, 0.5) is 0 Å². The molecule has 0 spiro atoms. The van der Waals surface area contributed by atoms with E-state index in [1.807, 2.05) is 0 Å². The van der Waals surface area contributed by atoms with Gasteiger partial charge in [-0.3, -0.25) is 9.59 Å². The SMILES string of the molecule is C=CCNC(=O)CSC(C)(C)[C@@H](N)C(=O)O. The predicted molar refractivity (Wildman–Crippen MR) is 65.4 cm³/mol. The van der Waals surface area contributed by atoms with Crippen LogP contribution in [-0.2, 0) is 9.59 Å². The van der Waals surface area contributed by atoms with Crippen LogP contribution in [0.5, 0.6) is 0 Å². The highest BCUT2D eigenvalue weighted by molar-refractivity contribution is 8.01. The molecule has 0 aliphatic carbocycles.